The number of nitrogens with zero attached hydrogens (tertiary/aromatic N) is 2. The highest BCUT2D eigenvalue weighted by Gasteiger charge is 2.11. The van der Waals surface area contributed by atoms with E-state index in [-0.39, 0.29) is 6.04 Å². The van der Waals surface area contributed by atoms with E-state index >= 15 is 0 Å². The average Bonchev–Trinajstić information content (AvgIpc) is 2.55. The summed E-state index contributed by atoms with van der Waals surface area (Å²) in [6.45, 7) is 5.20. The first-order valence-electron chi connectivity index (χ1n) is 6.02. The Bertz CT molecular complexity index is 517. The number of imidazole rings is 1. The van der Waals surface area contributed by atoms with E-state index in [1.807, 2.05) is 6.92 Å². The van der Waals surface area contributed by atoms with Gasteiger partial charge in [-0.2, -0.15) is 0 Å². The van der Waals surface area contributed by atoms with Crippen LogP contribution in [0, 0.1) is 0 Å². The Balaban J connectivity index is 2.53. The van der Waals surface area contributed by atoms with Crippen molar-refractivity contribution >= 4 is 27.0 Å². The van der Waals surface area contributed by atoms with E-state index in [9.17, 15) is 0 Å². The van der Waals surface area contributed by atoms with Crippen molar-refractivity contribution in [2.24, 2.45) is 5.73 Å². The Morgan fingerprint density at radius 2 is 2.24 bits per heavy atom. The van der Waals surface area contributed by atoms with Crippen LogP contribution in [0.1, 0.15) is 26.1 Å². The fourth-order valence-corrected chi connectivity index (χ4v) is 2.42. The van der Waals surface area contributed by atoms with Crippen molar-refractivity contribution < 1.29 is 0 Å². The zero-order chi connectivity index (χ0) is 12.4. The maximum Gasteiger partial charge on any atom is 0.111 e. The first-order chi connectivity index (χ1) is 8.11. The lowest BCUT2D eigenvalue weighted by atomic mass is 10.2. The van der Waals surface area contributed by atoms with Gasteiger partial charge in [-0.3, -0.25) is 0 Å². The van der Waals surface area contributed by atoms with Gasteiger partial charge >= 0.3 is 0 Å². The second-order valence-electron chi connectivity index (χ2n) is 4.49. The fourth-order valence-electron chi connectivity index (χ4n) is 2.07. The van der Waals surface area contributed by atoms with E-state index in [2.05, 4.69) is 50.6 Å². The number of hydrogen-bond donors (Lipinski definition) is 1. The van der Waals surface area contributed by atoms with Crippen LogP contribution in [0.25, 0.3) is 11.0 Å². The molecule has 2 N–H and O–H groups in total. The molecule has 92 valence electrons. The Morgan fingerprint density at radius 3 is 2.88 bits per heavy atom. The number of aryl methyl sites for hydroxylation is 1. The first kappa shape index (κ1) is 12.6. The molecule has 2 aromatic rings. The summed E-state index contributed by atoms with van der Waals surface area (Å²) in [4.78, 5) is 4.69. The molecule has 3 nitrogen and oxygen atoms in total. The van der Waals surface area contributed by atoms with Crippen LogP contribution in [0.2, 0.25) is 0 Å². The predicted molar refractivity (Wildman–Crippen MR) is 75.1 cm³/mol. The Hall–Kier alpha value is -0.870. The molecule has 0 aliphatic carbocycles. The molecule has 0 bridgehead atoms. The van der Waals surface area contributed by atoms with E-state index in [1.165, 1.54) is 5.52 Å². The molecule has 17 heavy (non-hydrogen) atoms. The zero-order valence-electron chi connectivity index (χ0n) is 10.3. The topological polar surface area (TPSA) is 43.8 Å². The summed E-state index contributed by atoms with van der Waals surface area (Å²) >= 11 is 3.48. The van der Waals surface area contributed by atoms with E-state index in [0.29, 0.717) is 0 Å². The van der Waals surface area contributed by atoms with Crippen molar-refractivity contribution in [3.05, 3.63) is 28.5 Å². The van der Waals surface area contributed by atoms with Crippen molar-refractivity contribution in [3.8, 4) is 0 Å². The normalized spacial score (nSPS) is 13.2. The molecule has 0 saturated carbocycles. The number of halogens is 1. The minimum Gasteiger partial charge on any atom is -0.328 e. The fraction of sp³-hybridized carbons (Fsp3) is 0.462. The van der Waals surface area contributed by atoms with Crippen LogP contribution in [0.5, 0.6) is 0 Å². The molecule has 0 radical (unpaired) electrons. The van der Waals surface area contributed by atoms with Crippen LogP contribution in [0.15, 0.2) is 22.7 Å². The van der Waals surface area contributed by atoms with Gasteiger partial charge in [0.1, 0.15) is 5.82 Å². The van der Waals surface area contributed by atoms with E-state index in [4.69, 9.17) is 5.73 Å². The van der Waals surface area contributed by atoms with Crippen LogP contribution < -0.4 is 5.73 Å². The molecule has 1 aromatic heterocycles. The molecule has 4 heteroatoms. The highest BCUT2D eigenvalue weighted by atomic mass is 79.9. The lowest BCUT2D eigenvalue weighted by Gasteiger charge is -2.09. The van der Waals surface area contributed by atoms with Crippen LogP contribution >= 0.6 is 15.9 Å². The second kappa shape index (κ2) is 5.19. The summed E-state index contributed by atoms with van der Waals surface area (Å²) in [5.74, 6) is 1.09. The summed E-state index contributed by atoms with van der Waals surface area (Å²) in [5, 5.41) is 0. The molecule has 0 spiro atoms. The minimum absolute atomic E-state index is 0.144. The number of hydrogen-bond acceptors (Lipinski definition) is 2. The zero-order valence-corrected chi connectivity index (χ0v) is 11.9. The summed E-state index contributed by atoms with van der Waals surface area (Å²) in [5.41, 5.74) is 8.12. The quantitative estimate of drug-likeness (QED) is 0.942. The molecule has 1 aromatic carbocycles. The number of benzene rings is 1. The minimum atomic E-state index is 0.144. The molecule has 0 saturated heterocycles. The Labute approximate surface area is 110 Å². The average molecular weight is 296 g/mol. The van der Waals surface area contributed by atoms with Gasteiger partial charge in [0.25, 0.3) is 0 Å². The standard InChI is InChI=1S/C13H18BrN3/c1-3-6-17-12-5-4-10(14)8-11(12)16-13(17)7-9(2)15/h4-5,8-9H,3,6-7,15H2,1-2H3. The number of rotatable bonds is 4. The molecule has 2 rings (SSSR count). The SMILES string of the molecule is CCCn1c(CC(C)N)nc2cc(Br)ccc21. The Kier molecular flexibility index (Phi) is 3.84. The Morgan fingerprint density at radius 1 is 1.47 bits per heavy atom. The van der Waals surface area contributed by atoms with E-state index in [1.54, 1.807) is 0 Å². The van der Waals surface area contributed by atoms with Crippen molar-refractivity contribution in [1.29, 1.82) is 0 Å². The van der Waals surface area contributed by atoms with Gasteiger partial charge in [0, 0.05) is 23.5 Å². The van der Waals surface area contributed by atoms with Crippen molar-refractivity contribution in [2.45, 2.75) is 39.3 Å². The van der Waals surface area contributed by atoms with Gasteiger partial charge in [0.05, 0.1) is 11.0 Å². The molecule has 0 amide bonds. The summed E-state index contributed by atoms with van der Waals surface area (Å²) in [6, 6.07) is 6.39. The maximum atomic E-state index is 5.88. The molecule has 1 heterocycles. The van der Waals surface area contributed by atoms with Gasteiger partial charge in [-0.15, -0.1) is 0 Å². The van der Waals surface area contributed by atoms with Crippen LogP contribution in [-0.2, 0) is 13.0 Å². The van der Waals surface area contributed by atoms with Gasteiger partial charge in [0.2, 0.25) is 0 Å². The second-order valence-corrected chi connectivity index (χ2v) is 5.41. The molecular formula is C13H18BrN3. The van der Waals surface area contributed by atoms with E-state index < -0.39 is 0 Å². The van der Waals surface area contributed by atoms with Crippen molar-refractivity contribution in [3.63, 3.8) is 0 Å². The highest BCUT2D eigenvalue weighted by molar-refractivity contribution is 9.10. The molecule has 0 aliphatic rings. The molecular weight excluding hydrogens is 278 g/mol. The number of nitrogens with two attached hydrogens (primary N) is 1. The van der Waals surface area contributed by atoms with Gasteiger partial charge in [-0.1, -0.05) is 22.9 Å². The number of aromatic nitrogens is 2. The van der Waals surface area contributed by atoms with Gasteiger partial charge < -0.3 is 10.3 Å². The predicted octanol–water partition coefficient (Wildman–Crippen LogP) is 3.10. The lowest BCUT2D eigenvalue weighted by molar-refractivity contribution is 0.616. The van der Waals surface area contributed by atoms with Gasteiger partial charge in [-0.25, -0.2) is 4.98 Å². The summed E-state index contributed by atoms with van der Waals surface area (Å²) in [6.07, 6.45) is 1.93. The third kappa shape index (κ3) is 2.69. The molecule has 0 aliphatic heterocycles. The maximum absolute atomic E-state index is 5.88. The van der Waals surface area contributed by atoms with Gasteiger partial charge in [-0.05, 0) is 31.5 Å². The van der Waals surface area contributed by atoms with Crippen LogP contribution in [-0.4, -0.2) is 15.6 Å². The summed E-state index contributed by atoms with van der Waals surface area (Å²) in [7, 11) is 0. The largest absolute Gasteiger partial charge is 0.328 e. The highest BCUT2D eigenvalue weighted by Crippen LogP contribution is 2.21. The summed E-state index contributed by atoms with van der Waals surface area (Å²) < 4.78 is 3.35. The van der Waals surface area contributed by atoms with Crippen molar-refractivity contribution in [1.82, 2.24) is 9.55 Å². The smallest absolute Gasteiger partial charge is 0.111 e. The molecule has 1 atom stereocenters. The van der Waals surface area contributed by atoms with Crippen LogP contribution in [0.4, 0.5) is 0 Å². The van der Waals surface area contributed by atoms with Crippen molar-refractivity contribution in [2.75, 3.05) is 0 Å². The third-order valence-corrected chi connectivity index (χ3v) is 3.23. The monoisotopic (exact) mass is 295 g/mol. The van der Waals surface area contributed by atoms with Gasteiger partial charge in [0.15, 0.2) is 0 Å². The van der Waals surface area contributed by atoms with E-state index in [0.717, 1.165) is 35.2 Å². The lowest BCUT2D eigenvalue weighted by Crippen LogP contribution is -2.20. The van der Waals surface area contributed by atoms with Crippen LogP contribution in [0.3, 0.4) is 0 Å². The molecule has 1 unspecified atom stereocenters. The first-order valence-corrected chi connectivity index (χ1v) is 6.81. The number of fused-ring (bicyclic) bond motifs is 1. The molecule has 0 fully saturated rings. The third-order valence-electron chi connectivity index (χ3n) is 2.74.